The summed E-state index contributed by atoms with van der Waals surface area (Å²) in [6.45, 7) is 0. The summed E-state index contributed by atoms with van der Waals surface area (Å²) in [6.07, 6.45) is 0. The third-order valence-electron chi connectivity index (χ3n) is 5.84. The highest BCUT2D eigenvalue weighted by Crippen LogP contribution is 2.70. The molecule has 0 aromatic heterocycles. The molecule has 0 bridgehead atoms. The molecule has 50 heavy (non-hydrogen) atoms. The van der Waals surface area contributed by atoms with E-state index in [9.17, 15) is 132 Å². The van der Waals surface area contributed by atoms with Crippen molar-refractivity contribution in [3.8, 4) is 0 Å². The fourth-order valence-electron chi connectivity index (χ4n) is 2.72. The number of hydrogen-bond donors (Lipinski definition) is 0. The maximum absolute atomic E-state index is 13.8. The van der Waals surface area contributed by atoms with Gasteiger partial charge in [-0.05, 0) is 23.2 Å². The molecule has 0 nitrogen and oxygen atoms in total. The monoisotopic (exact) mass is 902 g/mol. The normalized spacial score (nSPS) is 19.3. The van der Waals surface area contributed by atoms with Crippen molar-refractivity contribution >= 4 is 46.4 Å². The first-order valence-corrected chi connectivity index (χ1v) is 11.7. The van der Waals surface area contributed by atoms with Crippen molar-refractivity contribution in [1.82, 2.24) is 0 Å². The quantitative estimate of drug-likeness (QED) is 0.113. The minimum Gasteiger partial charge on any atom is -0.211 e. The number of halogens is 34. The van der Waals surface area contributed by atoms with E-state index in [1.54, 1.807) is 0 Å². The Morgan fingerprint density at radius 3 is 0.320 bits per heavy atom. The molecule has 0 amide bonds. The Morgan fingerprint density at radius 2 is 0.240 bits per heavy atom. The molecule has 0 aliphatic carbocycles. The molecule has 34 heteroatoms. The second kappa shape index (κ2) is 11.8. The third-order valence-corrected chi connectivity index (χ3v) is 7.50. The Labute approximate surface area is 270 Å². The van der Waals surface area contributed by atoms with E-state index in [4.69, 9.17) is 0 Å². The van der Waals surface area contributed by atoms with Crippen LogP contribution in [-0.4, -0.2) is 92.1 Å². The molecule has 0 N–H and O–H groups in total. The van der Waals surface area contributed by atoms with Crippen LogP contribution in [0.15, 0.2) is 0 Å². The predicted octanol–water partition coefficient (Wildman–Crippen LogP) is 12.1. The van der Waals surface area contributed by atoms with Crippen molar-refractivity contribution in [2.45, 2.75) is 92.1 Å². The first-order valence-electron chi connectivity index (χ1n) is 10.2. The zero-order valence-corrected chi connectivity index (χ0v) is 23.9. The van der Waals surface area contributed by atoms with E-state index in [0.717, 1.165) is 0 Å². The molecule has 2 unspecified atom stereocenters. The van der Waals surface area contributed by atoms with Crippen LogP contribution in [0.1, 0.15) is 0 Å². The van der Waals surface area contributed by atoms with Crippen LogP contribution in [0.3, 0.4) is 0 Å². The average molecular weight is 904 g/mol. The zero-order chi connectivity index (χ0) is 42.0. The van der Waals surface area contributed by atoms with Gasteiger partial charge in [0.25, 0.3) is 0 Å². The molecule has 0 heterocycles. The van der Waals surface area contributed by atoms with Gasteiger partial charge in [0.1, 0.15) is 0 Å². The summed E-state index contributed by atoms with van der Waals surface area (Å²) in [5.41, 5.74) is 0. The van der Waals surface area contributed by atoms with E-state index in [0.29, 0.717) is 0 Å². The molecular weight excluding hydrogens is 904 g/mol. The van der Waals surface area contributed by atoms with E-state index in [2.05, 4.69) is 46.4 Å². The van der Waals surface area contributed by atoms with Crippen molar-refractivity contribution in [2.24, 2.45) is 0 Å². The summed E-state index contributed by atoms with van der Waals surface area (Å²) in [6, 6.07) is 0. The van der Waals surface area contributed by atoms with E-state index in [1.165, 1.54) is 0 Å². The van der Waals surface area contributed by atoms with Crippen LogP contribution >= 0.6 is 46.4 Å². The lowest BCUT2D eigenvalue weighted by atomic mass is 9.83. The van der Waals surface area contributed by atoms with Gasteiger partial charge in [-0.25, -0.2) is 8.78 Å². The van der Waals surface area contributed by atoms with Crippen molar-refractivity contribution in [3.05, 3.63) is 0 Å². The zero-order valence-electron chi connectivity index (χ0n) is 20.9. The molecule has 0 radical (unpaired) electrons. The van der Waals surface area contributed by atoms with Gasteiger partial charge in [-0.3, -0.25) is 0 Å². The van der Waals surface area contributed by atoms with Gasteiger partial charge in [0.15, 0.2) is 0 Å². The highest BCUT2D eigenvalue weighted by atomic mass is 35.5. The summed E-state index contributed by atoms with van der Waals surface area (Å²) in [5.74, 6) is -115. The summed E-state index contributed by atoms with van der Waals surface area (Å²) >= 11 is 13.7. The summed E-state index contributed by atoms with van der Waals surface area (Å²) < 4.78 is 407. The van der Waals surface area contributed by atoms with Crippen LogP contribution in [0.4, 0.5) is 132 Å². The number of alkyl halides is 34. The maximum Gasteiger partial charge on any atom is 0.385 e. The highest BCUT2D eigenvalue weighted by molar-refractivity contribution is 6.33. The molecule has 0 aromatic rings. The molecule has 302 valence electrons. The Hall–Kier alpha value is -0.940. The summed E-state index contributed by atoms with van der Waals surface area (Å²) in [4.78, 5) is 0. The molecule has 2 atom stereocenters. The van der Waals surface area contributed by atoms with Crippen LogP contribution < -0.4 is 0 Å². The van der Waals surface area contributed by atoms with E-state index in [1.807, 2.05) is 0 Å². The number of rotatable bonds is 15. The average Bonchev–Trinajstić information content (AvgIpc) is 2.85. The highest BCUT2D eigenvalue weighted by Gasteiger charge is 3.01. The van der Waals surface area contributed by atoms with Crippen LogP contribution in [-0.2, 0) is 0 Å². The van der Waals surface area contributed by atoms with Gasteiger partial charge >= 0.3 is 92.1 Å². The Morgan fingerprint density at radius 1 is 0.160 bits per heavy atom. The lowest BCUT2D eigenvalue weighted by Gasteiger charge is -2.47. The standard InChI is InChI=1S/C16Cl4F30/c17-1(21,15(19,47)48)3(23,24)5(27,28)7(31,32)9(35,36)11(39,40)13(43,44)14(45,46)12(41,42)10(37,38)8(33,34)6(29,30)4(25,26)2(18,22)16(20,49)50. The van der Waals surface area contributed by atoms with Gasteiger partial charge in [0, 0.05) is 0 Å². The summed E-state index contributed by atoms with van der Waals surface area (Å²) in [7, 11) is 0. The van der Waals surface area contributed by atoms with E-state index < -0.39 is 92.1 Å². The molecule has 0 rings (SSSR count). The first-order chi connectivity index (χ1) is 20.8. The van der Waals surface area contributed by atoms with Gasteiger partial charge in [0.05, 0.1) is 0 Å². The van der Waals surface area contributed by atoms with Crippen LogP contribution in [0.2, 0.25) is 0 Å². The first kappa shape index (κ1) is 49.1. The van der Waals surface area contributed by atoms with Gasteiger partial charge < -0.3 is 0 Å². The SMILES string of the molecule is FC(F)(Cl)C(F)(Cl)C(F)(F)C(F)(F)C(F)(F)C(F)(F)C(F)(F)C(F)(F)C(F)(F)C(F)(F)C(F)(F)C(F)(F)C(F)(F)C(F)(F)C(F)(Cl)C(F)(F)Cl. The summed E-state index contributed by atoms with van der Waals surface area (Å²) in [5, 5.41) is -28.9. The predicted molar refractivity (Wildman–Crippen MR) is 100 cm³/mol. The minimum absolute atomic E-state index is 3.40. The molecule has 0 aliphatic heterocycles. The van der Waals surface area contributed by atoms with E-state index >= 15 is 0 Å². The fraction of sp³-hybridized carbons (Fsp3) is 1.00. The topological polar surface area (TPSA) is 0 Å². The molecule has 0 spiro atoms. The van der Waals surface area contributed by atoms with Crippen LogP contribution in [0, 0.1) is 0 Å². The van der Waals surface area contributed by atoms with Crippen molar-refractivity contribution in [2.75, 3.05) is 0 Å². The lowest BCUT2D eigenvalue weighted by Crippen LogP contribution is -2.79. The van der Waals surface area contributed by atoms with Gasteiger partial charge in [-0.2, -0.15) is 123 Å². The largest absolute Gasteiger partial charge is 0.385 e. The smallest absolute Gasteiger partial charge is 0.211 e. The van der Waals surface area contributed by atoms with Gasteiger partial charge in [-0.1, -0.05) is 23.2 Å². The Kier molecular flexibility index (Phi) is 11.6. The molecule has 0 saturated carbocycles. The van der Waals surface area contributed by atoms with Crippen molar-refractivity contribution < 1.29 is 132 Å². The van der Waals surface area contributed by atoms with Crippen LogP contribution in [0.5, 0.6) is 0 Å². The minimum atomic E-state index is -10.0. The Bertz CT molecular complexity index is 1160. The third kappa shape index (κ3) is 5.56. The van der Waals surface area contributed by atoms with Gasteiger partial charge in [0.2, 0.25) is 0 Å². The number of hydrogen-bond acceptors (Lipinski definition) is 0. The fourth-order valence-corrected chi connectivity index (χ4v) is 3.20. The van der Waals surface area contributed by atoms with Crippen LogP contribution in [0.25, 0.3) is 0 Å². The second-order valence-electron chi connectivity index (χ2n) is 9.04. The van der Waals surface area contributed by atoms with Crippen molar-refractivity contribution in [1.29, 1.82) is 0 Å². The molecule has 0 aliphatic rings. The van der Waals surface area contributed by atoms with Gasteiger partial charge in [-0.15, -0.1) is 0 Å². The van der Waals surface area contributed by atoms with E-state index in [-0.39, 0.29) is 0 Å². The second-order valence-corrected chi connectivity index (χ2v) is 11.0. The lowest BCUT2D eigenvalue weighted by molar-refractivity contribution is -0.482. The molecule has 0 fully saturated rings. The Balaban J connectivity index is 7.70. The molecular formula is C16Cl4F30. The van der Waals surface area contributed by atoms with Crippen molar-refractivity contribution in [3.63, 3.8) is 0 Å². The molecule has 0 saturated heterocycles. The molecule has 0 aromatic carbocycles. The maximum atomic E-state index is 13.8.